The van der Waals surface area contributed by atoms with Crippen molar-refractivity contribution in [2.24, 2.45) is 11.7 Å². The van der Waals surface area contributed by atoms with E-state index in [2.05, 4.69) is 5.32 Å². The third kappa shape index (κ3) is 3.69. The molecule has 0 aliphatic heterocycles. The highest BCUT2D eigenvalue weighted by atomic mass is 16.6. The molecule has 0 aliphatic carbocycles. The lowest BCUT2D eigenvalue weighted by molar-refractivity contribution is -0.385. The highest BCUT2D eigenvalue weighted by Crippen LogP contribution is 2.27. The third-order valence-corrected chi connectivity index (χ3v) is 3.74. The van der Waals surface area contributed by atoms with Crippen LogP contribution in [-0.4, -0.2) is 30.0 Å². The van der Waals surface area contributed by atoms with Crippen molar-refractivity contribution in [1.82, 2.24) is 5.32 Å². The molecule has 0 fully saturated rings. The Balaban J connectivity index is 3.06. The van der Waals surface area contributed by atoms with Crippen LogP contribution in [0.3, 0.4) is 0 Å². The van der Waals surface area contributed by atoms with E-state index in [1.165, 1.54) is 25.3 Å². The number of nitro groups is 1. The van der Waals surface area contributed by atoms with Crippen molar-refractivity contribution >= 4 is 11.6 Å². The van der Waals surface area contributed by atoms with Crippen molar-refractivity contribution in [2.45, 2.75) is 26.3 Å². The Morgan fingerprint density at radius 3 is 2.57 bits per heavy atom. The highest BCUT2D eigenvalue weighted by molar-refractivity contribution is 5.95. The maximum Gasteiger partial charge on any atom is 0.310 e. The van der Waals surface area contributed by atoms with Gasteiger partial charge in [-0.2, -0.15) is 0 Å². The summed E-state index contributed by atoms with van der Waals surface area (Å²) in [6.45, 7) is 6.08. The van der Waals surface area contributed by atoms with Gasteiger partial charge in [-0.05, 0) is 18.9 Å². The smallest absolute Gasteiger partial charge is 0.310 e. The van der Waals surface area contributed by atoms with Crippen LogP contribution >= 0.6 is 0 Å². The average Bonchev–Trinajstić information content (AvgIpc) is 2.45. The fraction of sp³-hybridized carbons (Fsp3) is 0.500. The van der Waals surface area contributed by atoms with Crippen LogP contribution in [0.5, 0.6) is 5.75 Å². The molecule has 1 aromatic carbocycles. The lowest BCUT2D eigenvalue weighted by Gasteiger charge is -2.33. The summed E-state index contributed by atoms with van der Waals surface area (Å²) in [5, 5.41) is 13.7. The Hall–Kier alpha value is -2.15. The summed E-state index contributed by atoms with van der Waals surface area (Å²) in [4.78, 5) is 22.6. The summed E-state index contributed by atoms with van der Waals surface area (Å²) < 4.78 is 4.96. The second kappa shape index (κ2) is 6.53. The molecule has 0 aromatic heterocycles. The lowest BCUT2D eigenvalue weighted by Crippen LogP contribution is -2.55. The second-order valence-electron chi connectivity index (χ2n) is 5.37. The summed E-state index contributed by atoms with van der Waals surface area (Å²) in [5.74, 6) is -0.150. The number of hydrogen-bond donors (Lipinski definition) is 2. The maximum atomic E-state index is 12.3. The van der Waals surface area contributed by atoms with Crippen LogP contribution in [-0.2, 0) is 0 Å². The lowest BCUT2D eigenvalue weighted by atomic mass is 9.88. The SMILES string of the molecule is COc1cc(C(=O)NC(C)(CN)C(C)C)ccc1[N+](=O)[O-]. The molecule has 1 rings (SSSR count). The average molecular weight is 295 g/mol. The van der Waals surface area contributed by atoms with Crippen LogP contribution in [0.2, 0.25) is 0 Å². The van der Waals surface area contributed by atoms with Gasteiger partial charge in [0.25, 0.3) is 5.91 Å². The summed E-state index contributed by atoms with van der Waals surface area (Å²) >= 11 is 0. The summed E-state index contributed by atoms with van der Waals surface area (Å²) in [6.07, 6.45) is 0. The first-order valence-corrected chi connectivity index (χ1v) is 6.60. The van der Waals surface area contributed by atoms with Gasteiger partial charge in [-0.15, -0.1) is 0 Å². The molecule has 1 amide bonds. The number of carbonyl (C=O) groups is 1. The Morgan fingerprint density at radius 2 is 2.14 bits per heavy atom. The molecule has 0 aliphatic rings. The number of nitrogens with one attached hydrogen (secondary N) is 1. The van der Waals surface area contributed by atoms with E-state index >= 15 is 0 Å². The minimum atomic E-state index is -0.557. The van der Waals surface area contributed by atoms with E-state index in [1.54, 1.807) is 0 Å². The van der Waals surface area contributed by atoms with E-state index in [0.717, 1.165) is 0 Å². The van der Waals surface area contributed by atoms with Gasteiger partial charge in [0.15, 0.2) is 5.75 Å². The predicted molar refractivity (Wildman–Crippen MR) is 79.4 cm³/mol. The first kappa shape index (κ1) is 16.9. The molecule has 7 nitrogen and oxygen atoms in total. The Labute approximate surface area is 123 Å². The number of rotatable bonds is 6. The number of nitrogens with zero attached hydrogens (tertiary/aromatic N) is 1. The number of amides is 1. The number of hydrogen-bond acceptors (Lipinski definition) is 5. The van der Waals surface area contributed by atoms with E-state index in [9.17, 15) is 14.9 Å². The van der Waals surface area contributed by atoms with Crippen LogP contribution in [0, 0.1) is 16.0 Å². The van der Waals surface area contributed by atoms with Crippen LogP contribution < -0.4 is 15.8 Å². The van der Waals surface area contributed by atoms with E-state index < -0.39 is 10.5 Å². The van der Waals surface area contributed by atoms with Gasteiger partial charge in [0.2, 0.25) is 0 Å². The molecule has 1 aromatic rings. The molecule has 116 valence electrons. The van der Waals surface area contributed by atoms with Gasteiger partial charge in [-0.3, -0.25) is 14.9 Å². The van der Waals surface area contributed by atoms with Crippen molar-refractivity contribution in [3.63, 3.8) is 0 Å². The zero-order valence-corrected chi connectivity index (χ0v) is 12.7. The molecular weight excluding hydrogens is 274 g/mol. The fourth-order valence-electron chi connectivity index (χ4n) is 1.73. The minimum Gasteiger partial charge on any atom is -0.490 e. The van der Waals surface area contributed by atoms with Crippen LogP contribution in [0.1, 0.15) is 31.1 Å². The molecule has 7 heteroatoms. The number of carbonyl (C=O) groups excluding carboxylic acids is 1. The van der Waals surface area contributed by atoms with Gasteiger partial charge in [-0.1, -0.05) is 13.8 Å². The number of nitro benzene ring substituents is 1. The third-order valence-electron chi connectivity index (χ3n) is 3.74. The van der Waals surface area contributed by atoms with Crippen molar-refractivity contribution < 1.29 is 14.5 Å². The molecule has 0 heterocycles. The van der Waals surface area contributed by atoms with E-state index in [-0.39, 0.29) is 28.8 Å². The monoisotopic (exact) mass is 295 g/mol. The van der Waals surface area contributed by atoms with Crippen molar-refractivity contribution in [3.8, 4) is 5.75 Å². The first-order chi connectivity index (χ1) is 9.75. The largest absolute Gasteiger partial charge is 0.490 e. The normalized spacial score (nSPS) is 13.6. The van der Waals surface area contributed by atoms with Gasteiger partial charge in [0.05, 0.1) is 17.6 Å². The quantitative estimate of drug-likeness (QED) is 0.613. The fourth-order valence-corrected chi connectivity index (χ4v) is 1.73. The molecular formula is C14H21N3O4. The van der Waals surface area contributed by atoms with Gasteiger partial charge in [0, 0.05) is 24.2 Å². The number of ether oxygens (including phenoxy) is 1. The summed E-state index contributed by atoms with van der Waals surface area (Å²) in [7, 11) is 1.32. The molecule has 21 heavy (non-hydrogen) atoms. The molecule has 3 N–H and O–H groups in total. The van der Waals surface area contributed by atoms with Crippen LogP contribution in [0.25, 0.3) is 0 Å². The molecule has 0 saturated heterocycles. The first-order valence-electron chi connectivity index (χ1n) is 6.60. The Kier molecular flexibility index (Phi) is 5.26. The Bertz CT molecular complexity index is 545. The van der Waals surface area contributed by atoms with Crippen LogP contribution in [0.4, 0.5) is 5.69 Å². The topological polar surface area (TPSA) is 107 Å². The zero-order chi connectivity index (χ0) is 16.2. The highest BCUT2D eigenvalue weighted by Gasteiger charge is 2.29. The maximum absolute atomic E-state index is 12.3. The molecule has 0 bridgehead atoms. The second-order valence-corrected chi connectivity index (χ2v) is 5.37. The van der Waals surface area contributed by atoms with Gasteiger partial charge in [0.1, 0.15) is 0 Å². The summed E-state index contributed by atoms with van der Waals surface area (Å²) in [5.41, 5.74) is 5.28. The predicted octanol–water partition coefficient (Wildman–Crippen LogP) is 1.71. The Morgan fingerprint density at radius 1 is 1.52 bits per heavy atom. The van der Waals surface area contributed by atoms with Gasteiger partial charge < -0.3 is 15.8 Å². The molecule has 1 atom stereocenters. The molecule has 0 radical (unpaired) electrons. The number of benzene rings is 1. The van der Waals surface area contributed by atoms with Crippen molar-refractivity contribution in [2.75, 3.05) is 13.7 Å². The zero-order valence-electron chi connectivity index (χ0n) is 12.7. The summed E-state index contributed by atoms with van der Waals surface area (Å²) in [6, 6.07) is 4.00. The number of methoxy groups -OCH3 is 1. The van der Waals surface area contributed by atoms with E-state index in [4.69, 9.17) is 10.5 Å². The standard InChI is InChI=1S/C14H21N3O4/c1-9(2)14(3,8-15)16-13(18)10-5-6-11(17(19)20)12(7-10)21-4/h5-7,9H,8,15H2,1-4H3,(H,16,18). The van der Waals surface area contributed by atoms with Gasteiger partial charge >= 0.3 is 5.69 Å². The van der Waals surface area contributed by atoms with E-state index in [0.29, 0.717) is 6.54 Å². The molecule has 0 saturated carbocycles. The van der Waals surface area contributed by atoms with Gasteiger partial charge in [-0.25, -0.2) is 0 Å². The van der Waals surface area contributed by atoms with Crippen molar-refractivity contribution in [3.05, 3.63) is 33.9 Å². The molecule has 1 unspecified atom stereocenters. The van der Waals surface area contributed by atoms with E-state index in [1.807, 2.05) is 20.8 Å². The molecule has 0 spiro atoms. The minimum absolute atomic E-state index is 0.0478. The van der Waals surface area contributed by atoms with Crippen LogP contribution in [0.15, 0.2) is 18.2 Å². The van der Waals surface area contributed by atoms with Crippen molar-refractivity contribution in [1.29, 1.82) is 0 Å². The number of nitrogens with two attached hydrogens (primary N) is 1.